The summed E-state index contributed by atoms with van der Waals surface area (Å²) in [7, 11) is 0. The summed E-state index contributed by atoms with van der Waals surface area (Å²) in [5, 5.41) is 27.6. The minimum atomic E-state index is -0.347. The molecule has 0 aliphatic carbocycles. The summed E-state index contributed by atoms with van der Waals surface area (Å²) in [5.41, 5.74) is 3.11. The molecule has 1 aromatic carbocycles. The number of nitrogens with zero attached hydrogens (tertiary/aromatic N) is 3. The molecule has 2 aromatic rings. The molecule has 1 fully saturated rings. The number of aryl methyl sites for hydroxylation is 2. The van der Waals surface area contributed by atoms with E-state index in [2.05, 4.69) is 10.2 Å². The van der Waals surface area contributed by atoms with E-state index >= 15 is 0 Å². The van der Waals surface area contributed by atoms with Gasteiger partial charge in [-0.1, -0.05) is 6.07 Å². The van der Waals surface area contributed by atoms with E-state index in [0.717, 1.165) is 11.1 Å². The highest BCUT2D eigenvalue weighted by atomic mass is 16.3. The SMILES string of the molecule is Cc1cc(C)c(-c2ccc(N3CCC(CO)C3=O)nn2)c(O)c1. The molecule has 1 aromatic heterocycles. The average Bonchev–Trinajstić information content (AvgIpc) is 2.88. The van der Waals surface area contributed by atoms with Gasteiger partial charge in [0, 0.05) is 12.1 Å². The van der Waals surface area contributed by atoms with Crippen molar-refractivity contribution in [3.8, 4) is 17.0 Å². The molecular weight excluding hydrogens is 294 g/mol. The van der Waals surface area contributed by atoms with Crippen molar-refractivity contribution in [2.75, 3.05) is 18.1 Å². The van der Waals surface area contributed by atoms with E-state index in [-0.39, 0.29) is 24.2 Å². The van der Waals surface area contributed by atoms with Crippen LogP contribution in [0.4, 0.5) is 5.82 Å². The molecule has 0 bridgehead atoms. The fourth-order valence-corrected chi connectivity index (χ4v) is 3.02. The number of carbonyl (C=O) groups is 1. The Bertz CT molecular complexity index is 720. The number of phenolic OH excluding ortho intramolecular Hbond substituents is 1. The van der Waals surface area contributed by atoms with Crippen LogP contribution in [-0.4, -0.2) is 39.5 Å². The smallest absolute Gasteiger partial charge is 0.233 e. The second-order valence-corrected chi connectivity index (χ2v) is 5.91. The first-order valence-electron chi connectivity index (χ1n) is 7.58. The maximum absolute atomic E-state index is 12.1. The Balaban J connectivity index is 1.90. The van der Waals surface area contributed by atoms with E-state index in [1.165, 1.54) is 0 Å². The fraction of sp³-hybridized carbons (Fsp3) is 0.353. The monoisotopic (exact) mass is 313 g/mol. The molecule has 2 heterocycles. The van der Waals surface area contributed by atoms with Gasteiger partial charge in [0.25, 0.3) is 0 Å². The van der Waals surface area contributed by atoms with Gasteiger partial charge in [0.1, 0.15) is 5.75 Å². The molecule has 23 heavy (non-hydrogen) atoms. The van der Waals surface area contributed by atoms with Crippen molar-refractivity contribution in [1.82, 2.24) is 10.2 Å². The predicted molar refractivity (Wildman–Crippen MR) is 86.2 cm³/mol. The van der Waals surface area contributed by atoms with Crippen LogP contribution in [0.25, 0.3) is 11.3 Å². The number of amides is 1. The van der Waals surface area contributed by atoms with Gasteiger partial charge in [-0.3, -0.25) is 9.69 Å². The molecule has 6 heteroatoms. The van der Waals surface area contributed by atoms with Crippen molar-refractivity contribution >= 4 is 11.7 Å². The van der Waals surface area contributed by atoms with Crippen molar-refractivity contribution in [3.63, 3.8) is 0 Å². The Hall–Kier alpha value is -2.47. The number of benzene rings is 1. The first-order valence-corrected chi connectivity index (χ1v) is 7.58. The molecule has 1 aliphatic rings. The number of anilines is 1. The van der Waals surface area contributed by atoms with Gasteiger partial charge in [-0.25, -0.2) is 0 Å². The van der Waals surface area contributed by atoms with Crippen LogP contribution < -0.4 is 4.90 Å². The van der Waals surface area contributed by atoms with Gasteiger partial charge in [0.2, 0.25) is 5.91 Å². The summed E-state index contributed by atoms with van der Waals surface area (Å²) in [4.78, 5) is 13.6. The molecule has 1 unspecified atom stereocenters. The second kappa shape index (κ2) is 5.96. The zero-order chi connectivity index (χ0) is 16.6. The van der Waals surface area contributed by atoms with Crippen LogP contribution in [0.1, 0.15) is 17.5 Å². The van der Waals surface area contributed by atoms with Gasteiger partial charge >= 0.3 is 0 Å². The maximum Gasteiger partial charge on any atom is 0.233 e. The van der Waals surface area contributed by atoms with Crippen LogP contribution in [0, 0.1) is 19.8 Å². The Kier molecular flexibility index (Phi) is 4.00. The molecule has 6 nitrogen and oxygen atoms in total. The lowest BCUT2D eigenvalue weighted by atomic mass is 10.0. The number of hydrogen-bond acceptors (Lipinski definition) is 5. The highest BCUT2D eigenvalue weighted by Crippen LogP contribution is 2.32. The van der Waals surface area contributed by atoms with Crippen LogP contribution in [-0.2, 0) is 4.79 Å². The van der Waals surface area contributed by atoms with E-state index < -0.39 is 0 Å². The third-order valence-corrected chi connectivity index (χ3v) is 4.18. The lowest BCUT2D eigenvalue weighted by Crippen LogP contribution is -2.29. The Morgan fingerprint density at radius 1 is 1.26 bits per heavy atom. The van der Waals surface area contributed by atoms with Gasteiger partial charge in [0.15, 0.2) is 5.82 Å². The molecule has 0 spiro atoms. The zero-order valence-corrected chi connectivity index (χ0v) is 13.2. The minimum Gasteiger partial charge on any atom is -0.507 e. The first kappa shape index (κ1) is 15.4. The van der Waals surface area contributed by atoms with E-state index in [1.807, 2.05) is 19.9 Å². The molecule has 1 aliphatic heterocycles. The Morgan fingerprint density at radius 2 is 2.04 bits per heavy atom. The van der Waals surface area contributed by atoms with Crippen LogP contribution in [0.3, 0.4) is 0 Å². The molecule has 0 saturated carbocycles. The van der Waals surface area contributed by atoms with Crippen LogP contribution in [0.5, 0.6) is 5.75 Å². The number of phenols is 1. The summed E-state index contributed by atoms with van der Waals surface area (Å²) in [6.07, 6.45) is 0.622. The number of carbonyl (C=O) groups excluding carboxylic acids is 1. The van der Waals surface area contributed by atoms with E-state index in [4.69, 9.17) is 5.11 Å². The van der Waals surface area contributed by atoms with E-state index in [9.17, 15) is 9.90 Å². The van der Waals surface area contributed by atoms with Crippen LogP contribution in [0.15, 0.2) is 24.3 Å². The van der Waals surface area contributed by atoms with Gasteiger partial charge in [-0.15, -0.1) is 10.2 Å². The van der Waals surface area contributed by atoms with Gasteiger partial charge < -0.3 is 10.2 Å². The summed E-state index contributed by atoms with van der Waals surface area (Å²) < 4.78 is 0. The van der Waals surface area contributed by atoms with Gasteiger partial charge in [-0.05, 0) is 49.6 Å². The number of aliphatic hydroxyl groups excluding tert-OH is 1. The molecule has 1 saturated heterocycles. The standard InChI is InChI=1S/C17H19N3O3/c1-10-7-11(2)16(14(22)8-10)13-3-4-15(19-18-13)20-6-5-12(9-21)17(20)23/h3-4,7-8,12,21-22H,5-6,9H2,1-2H3. The summed E-state index contributed by atoms with van der Waals surface area (Å²) in [6.45, 7) is 4.22. The quantitative estimate of drug-likeness (QED) is 0.902. The number of hydrogen-bond donors (Lipinski definition) is 2. The highest BCUT2D eigenvalue weighted by Gasteiger charge is 2.32. The summed E-state index contributed by atoms with van der Waals surface area (Å²) in [6, 6.07) is 7.13. The third-order valence-electron chi connectivity index (χ3n) is 4.18. The number of aliphatic hydroxyl groups is 1. The largest absolute Gasteiger partial charge is 0.507 e. The molecule has 1 amide bonds. The van der Waals surface area contributed by atoms with Crippen LogP contribution in [0.2, 0.25) is 0 Å². The average molecular weight is 313 g/mol. The third kappa shape index (κ3) is 2.77. The zero-order valence-electron chi connectivity index (χ0n) is 13.2. The summed E-state index contributed by atoms with van der Waals surface area (Å²) >= 11 is 0. The molecular formula is C17H19N3O3. The molecule has 2 N–H and O–H groups in total. The first-order chi connectivity index (χ1) is 11.0. The van der Waals surface area contributed by atoms with Crippen molar-refractivity contribution in [1.29, 1.82) is 0 Å². The minimum absolute atomic E-state index is 0.121. The lowest BCUT2D eigenvalue weighted by molar-refractivity contribution is -0.121. The molecule has 1 atom stereocenters. The van der Waals surface area contributed by atoms with Crippen molar-refractivity contribution < 1.29 is 15.0 Å². The summed E-state index contributed by atoms with van der Waals surface area (Å²) in [5.74, 6) is 0.171. The molecule has 3 rings (SSSR count). The number of aromatic nitrogens is 2. The van der Waals surface area contributed by atoms with Crippen molar-refractivity contribution in [2.24, 2.45) is 5.92 Å². The van der Waals surface area contributed by atoms with Gasteiger partial charge in [-0.2, -0.15) is 0 Å². The molecule has 120 valence electrons. The van der Waals surface area contributed by atoms with E-state index in [0.29, 0.717) is 30.0 Å². The van der Waals surface area contributed by atoms with Gasteiger partial charge in [0.05, 0.1) is 18.2 Å². The second-order valence-electron chi connectivity index (χ2n) is 5.91. The topological polar surface area (TPSA) is 86.5 Å². The normalized spacial score (nSPS) is 17.8. The van der Waals surface area contributed by atoms with Crippen LogP contribution >= 0.6 is 0 Å². The molecule has 0 radical (unpaired) electrons. The number of rotatable bonds is 3. The lowest BCUT2D eigenvalue weighted by Gasteiger charge is -2.15. The number of aromatic hydroxyl groups is 1. The fourth-order valence-electron chi connectivity index (χ4n) is 3.02. The highest BCUT2D eigenvalue weighted by molar-refractivity contribution is 5.96. The van der Waals surface area contributed by atoms with Crippen molar-refractivity contribution in [2.45, 2.75) is 20.3 Å². The maximum atomic E-state index is 12.1. The Labute approximate surface area is 134 Å². The van der Waals surface area contributed by atoms with E-state index in [1.54, 1.807) is 23.1 Å². The van der Waals surface area contributed by atoms with Crippen molar-refractivity contribution in [3.05, 3.63) is 35.4 Å². The Morgan fingerprint density at radius 3 is 2.61 bits per heavy atom. The predicted octanol–water partition coefficient (Wildman–Crippen LogP) is 1.81.